The first kappa shape index (κ1) is 30.0. The van der Waals surface area contributed by atoms with Gasteiger partial charge < -0.3 is 20.5 Å². The molecule has 11 nitrogen and oxygen atoms in total. The predicted molar refractivity (Wildman–Crippen MR) is 154 cm³/mol. The van der Waals surface area contributed by atoms with Crippen molar-refractivity contribution in [3.63, 3.8) is 0 Å². The second kappa shape index (κ2) is 11.6. The molecule has 0 spiro atoms. The third-order valence-corrected chi connectivity index (χ3v) is 10.2. The lowest BCUT2D eigenvalue weighted by Gasteiger charge is -2.53. The molecule has 3 N–H and O–H groups in total. The minimum Gasteiger partial charge on any atom is -0.530 e. The largest absolute Gasteiger partial charge is 0.530 e. The maximum Gasteiger partial charge on any atom is 0.293 e. The minimum atomic E-state index is -4.44. The Morgan fingerprint density at radius 2 is 1.37 bits per heavy atom. The highest BCUT2D eigenvalue weighted by molar-refractivity contribution is 7.90. The molecule has 3 aromatic carbocycles. The van der Waals surface area contributed by atoms with Gasteiger partial charge in [0.25, 0.3) is 21.6 Å². The summed E-state index contributed by atoms with van der Waals surface area (Å²) in [5, 5.41) is 28.3. The van der Waals surface area contributed by atoms with E-state index < -0.39 is 37.5 Å². The highest BCUT2D eigenvalue weighted by Crippen LogP contribution is 2.56. The summed E-state index contributed by atoms with van der Waals surface area (Å²) in [5.41, 5.74) is 1.03. The van der Waals surface area contributed by atoms with Gasteiger partial charge in [-0.25, -0.2) is 17.5 Å². The van der Waals surface area contributed by atoms with Crippen LogP contribution in [0.4, 0.5) is 20.6 Å². The number of carboxylic acid groups (broad SMARTS) is 1. The standard InChI is InChI=1S/C30H31FN4O7S/c31-23-7-5-21(6-8-23)20-1-3-22(4-2-20)27(36)34-43(41,42)24-9-10-25(26(17-24)35(39)40)32-18-29-11-14-30(15-12-29,16-13-29)19-33-28(37)38/h1-10,17,32-33H,11-16,18-19H2,(H,34,36)(H,37,38)/p-1. The lowest BCUT2D eigenvalue weighted by molar-refractivity contribution is -0.384. The van der Waals surface area contributed by atoms with Gasteiger partial charge in [-0.1, -0.05) is 24.3 Å². The van der Waals surface area contributed by atoms with Crippen molar-refractivity contribution in [3.05, 3.63) is 88.2 Å². The number of hydrogen-bond donors (Lipinski definition) is 3. The maximum atomic E-state index is 13.2. The summed E-state index contributed by atoms with van der Waals surface area (Å²) in [6.07, 6.45) is 3.74. The number of anilines is 1. The van der Waals surface area contributed by atoms with Gasteiger partial charge in [-0.05, 0) is 96.9 Å². The van der Waals surface area contributed by atoms with Gasteiger partial charge in [0.05, 0.1) is 9.82 Å². The zero-order chi connectivity index (χ0) is 30.8. The summed E-state index contributed by atoms with van der Waals surface area (Å²) in [6, 6.07) is 15.3. The molecule has 2 amide bonds. The molecular weight excluding hydrogens is 579 g/mol. The topological polar surface area (TPSA) is 171 Å². The van der Waals surface area contributed by atoms with Crippen LogP contribution in [0, 0.1) is 26.8 Å². The van der Waals surface area contributed by atoms with E-state index in [0.29, 0.717) is 24.2 Å². The van der Waals surface area contributed by atoms with Crippen molar-refractivity contribution in [2.45, 2.75) is 43.4 Å². The Bertz CT molecular complexity index is 1640. The van der Waals surface area contributed by atoms with Crippen molar-refractivity contribution in [2.24, 2.45) is 10.8 Å². The van der Waals surface area contributed by atoms with Crippen LogP contribution in [-0.2, 0) is 10.0 Å². The van der Waals surface area contributed by atoms with E-state index in [-0.39, 0.29) is 27.9 Å². The molecule has 0 atom stereocenters. The summed E-state index contributed by atoms with van der Waals surface area (Å²) >= 11 is 0. The zero-order valence-corrected chi connectivity index (χ0v) is 23.9. The molecule has 0 aromatic heterocycles. The van der Waals surface area contributed by atoms with E-state index in [4.69, 9.17) is 0 Å². The fourth-order valence-corrected chi connectivity index (χ4v) is 7.08. The number of benzene rings is 3. The zero-order valence-electron chi connectivity index (χ0n) is 23.1. The molecule has 3 aliphatic carbocycles. The number of nitrogens with one attached hydrogen (secondary N) is 3. The summed E-state index contributed by atoms with van der Waals surface area (Å²) in [5.74, 6) is -1.29. The lowest BCUT2D eigenvalue weighted by atomic mass is 9.53. The molecular formula is C30H30FN4O7S-. The van der Waals surface area contributed by atoms with Crippen molar-refractivity contribution < 1.29 is 32.4 Å². The second-order valence-corrected chi connectivity index (χ2v) is 13.1. The average Bonchev–Trinajstić information content (AvgIpc) is 3.00. The van der Waals surface area contributed by atoms with Crippen molar-refractivity contribution in [1.82, 2.24) is 10.0 Å². The molecule has 6 rings (SSSR count). The molecule has 3 aliphatic rings. The molecule has 3 saturated carbocycles. The average molecular weight is 610 g/mol. The van der Waals surface area contributed by atoms with E-state index in [0.717, 1.165) is 44.6 Å². The van der Waals surface area contributed by atoms with E-state index >= 15 is 0 Å². The van der Waals surface area contributed by atoms with Gasteiger partial charge in [0.1, 0.15) is 17.6 Å². The Balaban J connectivity index is 1.24. The number of carbonyl (C=O) groups is 2. The Labute approximate surface area is 247 Å². The van der Waals surface area contributed by atoms with Gasteiger partial charge in [0.2, 0.25) is 0 Å². The number of nitrogens with zero attached hydrogens (tertiary/aromatic N) is 1. The normalized spacial score (nSPS) is 21.1. The SMILES string of the molecule is O=C([O-])NCC12CCC(CNc3ccc(S(=O)(=O)NC(=O)c4ccc(-c5ccc(F)cc5)cc4)cc3[N+](=O)[O-])(CC1)CC2. The molecule has 0 radical (unpaired) electrons. The first-order valence-electron chi connectivity index (χ1n) is 13.8. The number of nitro benzene ring substituents is 1. The first-order chi connectivity index (χ1) is 20.4. The fourth-order valence-electron chi connectivity index (χ4n) is 6.09. The van der Waals surface area contributed by atoms with Gasteiger partial charge in [-0.3, -0.25) is 14.9 Å². The predicted octanol–water partition coefficient (Wildman–Crippen LogP) is 4.21. The van der Waals surface area contributed by atoms with Gasteiger partial charge in [0.15, 0.2) is 0 Å². The van der Waals surface area contributed by atoms with E-state index in [2.05, 4.69) is 10.6 Å². The first-order valence-corrected chi connectivity index (χ1v) is 15.3. The van der Waals surface area contributed by atoms with Crippen LogP contribution in [0.25, 0.3) is 11.1 Å². The number of amides is 2. The van der Waals surface area contributed by atoms with Crippen molar-refractivity contribution in [3.8, 4) is 11.1 Å². The maximum absolute atomic E-state index is 13.2. The molecule has 0 heterocycles. The van der Waals surface area contributed by atoms with Crippen molar-refractivity contribution in [2.75, 3.05) is 18.4 Å². The molecule has 0 unspecified atom stereocenters. The number of fused-ring (bicyclic) bond motifs is 3. The highest BCUT2D eigenvalue weighted by atomic mass is 32.2. The Morgan fingerprint density at radius 3 is 1.91 bits per heavy atom. The molecule has 2 bridgehead atoms. The second-order valence-electron chi connectivity index (χ2n) is 11.4. The van der Waals surface area contributed by atoms with Gasteiger partial charge >= 0.3 is 0 Å². The number of halogens is 1. The van der Waals surface area contributed by atoms with E-state index in [1.807, 2.05) is 4.72 Å². The Kier molecular flexibility index (Phi) is 8.10. The minimum absolute atomic E-state index is 0.0564. The summed E-state index contributed by atoms with van der Waals surface area (Å²) in [6.45, 7) is 0.812. The lowest BCUT2D eigenvalue weighted by Crippen LogP contribution is -2.51. The van der Waals surface area contributed by atoms with Crippen LogP contribution >= 0.6 is 0 Å². The number of rotatable bonds is 10. The van der Waals surface area contributed by atoms with Crippen LogP contribution in [0.2, 0.25) is 0 Å². The summed E-state index contributed by atoms with van der Waals surface area (Å²) in [4.78, 5) is 34.4. The molecule has 3 aromatic rings. The Hall–Kier alpha value is -4.52. The molecule has 13 heteroatoms. The van der Waals surface area contributed by atoms with Gasteiger partial charge in [0, 0.05) is 24.7 Å². The molecule has 0 saturated heterocycles. The van der Waals surface area contributed by atoms with Crippen LogP contribution in [0.5, 0.6) is 0 Å². The van der Waals surface area contributed by atoms with E-state index in [1.54, 1.807) is 24.3 Å². The fraction of sp³-hybridized carbons (Fsp3) is 0.333. The van der Waals surface area contributed by atoms with Crippen LogP contribution in [0.3, 0.4) is 0 Å². The smallest absolute Gasteiger partial charge is 0.293 e. The summed E-state index contributed by atoms with van der Waals surface area (Å²) < 4.78 is 41.2. The summed E-state index contributed by atoms with van der Waals surface area (Å²) in [7, 11) is -4.44. The number of sulfonamides is 1. The van der Waals surface area contributed by atoms with E-state index in [9.17, 15) is 37.6 Å². The van der Waals surface area contributed by atoms with Crippen molar-refractivity contribution in [1.29, 1.82) is 0 Å². The third kappa shape index (κ3) is 6.61. The van der Waals surface area contributed by atoms with E-state index in [1.165, 1.54) is 36.4 Å². The monoisotopic (exact) mass is 609 g/mol. The van der Waals surface area contributed by atoms with Crippen molar-refractivity contribution >= 4 is 33.4 Å². The van der Waals surface area contributed by atoms with Crippen LogP contribution in [0.15, 0.2) is 71.6 Å². The number of nitro groups is 1. The number of carbonyl (C=O) groups excluding carboxylic acids is 2. The molecule has 3 fully saturated rings. The van der Waals surface area contributed by atoms with Gasteiger partial charge in [-0.15, -0.1) is 0 Å². The third-order valence-electron chi connectivity index (χ3n) is 8.85. The molecule has 0 aliphatic heterocycles. The molecule has 43 heavy (non-hydrogen) atoms. The highest BCUT2D eigenvalue weighted by Gasteiger charge is 2.48. The van der Waals surface area contributed by atoms with Crippen LogP contribution in [0.1, 0.15) is 48.9 Å². The van der Waals surface area contributed by atoms with Gasteiger partial charge in [-0.2, -0.15) is 0 Å². The quantitative estimate of drug-likeness (QED) is 0.227. The molecule has 226 valence electrons. The van der Waals surface area contributed by atoms with Crippen LogP contribution in [-0.4, -0.2) is 38.4 Å². The van der Waals surface area contributed by atoms with Crippen LogP contribution < -0.4 is 20.5 Å². The Morgan fingerprint density at radius 1 is 0.837 bits per heavy atom. The number of hydrogen-bond acceptors (Lipinski definition) is 8.